The first kappa shape index (κ1) is 16.3. The molecule has 1 aromatic rings. The lowest BCUT2D eigenvalue weighted by Crippen LogP contribution is -2.39. The third-order valence-electron chi connectivity index (χ3n) is 4.51. The molecule has 3 heteroatoms. The highest BCUT2D eigenvalue weighted by atomic mass is 16.5. The highest BCUT2D eigenvalue weighted by molar-refractivity contribution is 5.35. The highest BCUT2D eigenvalue weighted by Crippen LogP contribution is 2.30. The molecule has 1 aromatic carbocycles. The first-order valence-corrected chi connectivity index (χ1v) is 8.42. The summed E-state index contributed by atoms with van der Waals surface area (Å²) in [5.41, 5.74) is 1.31. The van der Waals surface area contributed by atoms with E-state index in [1.165, 1.54) is 31.5 Å². The lowest BCUT2D eigenvalue weighted by molar-refractivity contribution is 0.168. The minimum atomic E-state index is 0.402. The summed E-state index contributed by atoms with van der Waals surface area (Å²) in [6.45, 7) is 11.9. The maximum Gasteiger partial charge on any atom is 0.124 e. The lowest BCUT2D eigenvalue weighted by atomic mass is 9.97. The van der Waals surface area contributed by atoms with Crippen LogP contribution in [0.25, 0.3) is 0 Å². The van der Waals surface area contributed by atoms with Crippen molar-refractivity contribution in [1.29, 1.82) is 0 Å². The van der Waals surface area contributed by atoms with Gasteiger partial charge in [-0.25, -0.2) is 0 Å². The summed E-state index contributed by atoms with van der Waals surface area (Å²) in [5, 5.41) is 3.52. The lowest BCUT2D eigenvalue weighted by Gasteiger charge is -2.34. The SMILES string of the molecule is CCOc1ccccc1C(C)N(CC)CC1CCCNC1. The number of piperidine rings is 1. The van der Waals surface area contributed by atoms with Gasteiger partial charge in [-0.1, -0.05) is 25.1 Å². The zero-order valence-corrected chi connectivity index (χ0v) is 13.8. The Morgan fingerprint density at radius 3 is 2.81 bits per heavy atom. The van der Waals surface area contributed by atoms with E-state index in [9.17, 15) is 0 Å². The quantitative estimate of drug-likeness (QED) is 0.832. The van der Waals surface area contributed by atoms with Crippen LogP contribution in [-0.2, 0) is 0 Å². The molecule has 1 N–H and O–H groups in total. The topological polar surface area (TPSA) is 24.5 Å². The van der Waals surface area contributed by atoms with Crippen LogP contribution in [0, 0.1) is 5.92 Å². The van der Waals surface area contributed by atoms with E-state index in [-0.39, 0.29) is 0 Å². The molecule has 1 aliphatic rings. The van der Waals surface area contributed by atoms with Crippen molar-refractivity contribution in [3.63, 3.8) is 0 Å². The van der Waals surface area contributed by atoms with Crippen LogP contribution in [0.4, 0.5) is 0 Å². The molecule has 1 aliphatic heterocycles. The van der Waals surface area contributed by atoms with Crippen molar-refractivity contribution in [3.05, 3.63) is 29.8 Å². The molecule has 118 valence electrons. The fourth-order valence-electron chi connectivity index (χ4n) is 3.28. The van der Waals surface area contributed by atoms with Gasteiger partial charge >= 0.3 is 0 Å². The van der Waals surface area contributed by atoms with Gasteiger partial charge in [-0.15, -0.1) is 0 Å². The van der Waals surface area contributed by atoms with Crippen molar-refractivity contribution in [2.24, 2.45) is 5.92 Å². The third kappa shape index (κ3) is 4.45. The summed E-state index contributed by atoms with van der Waals surface area (Å²) < 4.78 is 5.80. The van der Waals surface area contributed by atoms with Gasteiger partial charge in [-0.05, 0) is 58.3 Å². The fraction of sp³-hybridized carbons (Fsp3) is 0.667. The standard InChI is InChI=1S/C18H30N2O/c1-4-20(14-16-9-8-12-19-13-16)15(3)17-10-6-7-11-18(17)21-5-2/h6-7,10-11,15-16,19H,4-5,8-9,12-14H2,1-3H3. The number of hydrogen-bond acceptors (Lipinski definition) is 3. The molecule has 0 saturated carbocycles. The Morgan fingerprint density at radius 1 is 1.33 bits per heavy atom. The molecule has 1 saturated heterocycles. The number of hydrogen-bond donors (Lipinski definition) is 1. The van der Waals surface area contributed by atoms with Gasteiger partial charge in [0.05, 0.1) is 6.61 Å². The van der Waals surface area contributed by atoms with Gasteiger partial charge in [0.15, 0.2) is 0 Å². The smallest absolute Gasteiger partial charge is 0.124 e. The van der Waals surface area contributed by atoms with Gasteiger partial charge in [-0.3, -0.25) is 4.90 Å². The molecule has 2 unspecified atom stereocenters. The second-order valence-electron chi connectivity index (χ2n) is 5.95. The van der Waals surface area contributed by atoms with Crippen molar-refractivity contribution in [2.75, 3.05) is 32.8 Å². The number of rotatable bonds is 7. The van der Waals surface area contributed by atoms with Crippen LogP contribution in [0.2, 0.25) is 0 Å². The molecule has 2 atom stereocenters. The molecule has 0 radical (unpaired) electrons. The molecular formula is C18H30N2O. The molecule has 3 nitrogen and oxygen atoms in total. The number of benzene rings is 1. The molecule has 1 fully saturated rings. The number of nitrogens with zero attached hydrogens (tertiary/aromatic N) is 1. The van der Waals surface area contributed by atoms with Crippen LogP contribution in [0.5, 0.6) is 5.75 Å². The van der Waals surface area contributed by atoms with Crippen LogP contribution in [0.3, 0.4) is 0 Å². The van der Waals surface area contributed by atoms with Crippen LogP contribution >= 0.6 is 0 Å². The molecule has 2 rings (SSSR count). The molecule has 0 bridgehead atoms. The van der Waals surface area contributed by atoms with E-state index in [0.717, 1.165) is 31.4 Å². The van der Waals surface area contributed by atoms with Gasteiger partial charge in [0.1, 0.15) is 5.75 Å². The zero-order valence-electron chi connectivity index (χ0n) is 13.8. The molecule has 0 aliphatic carbocycles. The summed E-state index contributed by atoms with van der Waals surface area (Å²) in [7, 11) is 0. The molecule has 0 spiro atoms. The summed E-state index contributed by atoms with van der Waals surface area (Å²) in [5.74, 6) is 1.81. The molecule has 0 aromatic heterocycles. The van der Waals surface area contributed by atoms with Crippen molar-refractivity contribution < 1.29 is 4.74 Å². The van der Waals surface area contributed by atoms with Crippen LogP contribution in [0.15, 0.2) is 24.3 Å². The summed E-state index contributed by atoms with van der Waals surface area (Å²) >= 11 is 0. The van der Waals surface area contributed by atoms with E-state index < -0.39 is 0 Å². The Balaban J connectivity index is 2.06. The van der Waals surface area contributed by atoms with Crippen molar-refractivity contribution >= 4 is 0 Å². The first-order valence-electron chi connectivity index (χ1n) is 8.42. The predicted molar refractivity (Wildman–Crippen MR) is 88.9 cm³/mol. The number of para-hydroxylation sites is 1. The monoisotopic (exact) mass is 290 g/mol. The predicted octanol–water partition coefficient (Wildman–Crippen LogP) is 3.47. The molecule has 0 amide bonds. The number of ether oxygens (including phenoxy) is 1. The fourth-order valence-corrected chi connectivity index (χ4v) is 3.28. The maximum absolute atomic E-state index is 5.80. The normalized spacial score (nSPS) is 20.5. The van der Waals surface area contributed by atoms with Crippen LogP contribution in [0.1, 0.15) is 45.2 Å². The summed E-state index contributed by atoms with van der Waals surface area (Å²) in [4.78, 5) is 2.58. The van der Waals surface area contributed by atoms with Crippen LogP contribution in [-0.4, -0.2) is 37.7 Å². The maximum atomic E-state index is 5.80. The van der Waals surface area contributed by atoms with Crippen molar-refractivity contribution in [3.8, 4) is 5.75 Å². The second kappa shape index (κ2) is 8.40. The molecular weight excluding hydrogens is 260 g/mol. The van der Waals surface area contributed by atoms with Crippen LogP contribution < -0.4 is 10.1 Å². The van der Waals surface area contributed by atoms with E-state index in [0.29, 0.717) is 6.04 Å². The Labute approximate surface area is 129 Å². The minimum Gasteiger partial charge on any atom is -0.494 e. The van der Waals surface area contributed by atoms with E-state index in [4.69, 9.17) is 4.74 Å². The highest BCUT2D eigenvalue weighted by Gasteiger charge is 2.22. The second-order valence-corrected chi connectivity index (χ2v) is 5.95. The van der Waals surface area contributed by atoms with E-state index in [1.807, 2.05) is 6.92 Å². The zero-order chi connectivity index (χ0) is 15.1. The van der Waals surface area contributed by atoms with Crippen molar-refractivity contribution in [2.45, 2.75) is 39.7 Å². The molecule has 1 heterocycles. The summed E-state index contributed by atoms with van der Waals surface area (Å²) in [6.07, 6.45) is 2.66. The Kier molecular flexibility index (Phi) is 6.52. The first-order chi connectivity index (χ1) is 10.3. The Hall–Kier alpha value is -1.06. The van der Waals surface area contributed by atoms with Gasteiger partial charge in [-0.2, -0.15) is 0 Å². The van der Waals surface area contributed by atoms with Crippen molar-refractivity contribution in [1.82, 2.24) is 10.2 Å². The summed E-state index contributed by atoms with van der Waals surface area (Å²) in [6, 6.07) is 8.87. The third-order valence-corrected chi connectivity index (χ3v) is 4.51. The molecule has 21 heavy (non-hydrogen) atoms. The van der Waals surface area contributed by atoms with Gasteiger partial charge in [0.25, 0.3) is 0 Å². The van der Waals surface area contributed by atoms with Gasteiger partial charge < -0.3 is 10.1 Å². The van der Waals surface area contributed by atoms with Gasteiger partial charge in [0, 0.05) is 18.2 Å². The van der Waals surface area contributed by atoms with E-state index in [2.05, 4.69) is 48.3 Å². The van der Waals surface area contributed by atoms with E-state index >= 15 is 0 Å². The average Bonchev–Trinajstić information content (AvgIpc) is 2.54. The number of nitrogens with one attached hydrogen (secondary N) is 1. The van der Waals surface area contributed by atoms with E-state index in [1.54, 1.807) is 0 Å². The average molecular weight is 290 g/mol. The largest absolute Gasteiger partial charge is 0.494 e. The minimum absolute atomic E-state index is 0.402. The van der Waals surface area contributed by atoms with Gasteiger partial charge in [0.2, 0.25) is 0 Å². The Morgan fingerprint density at radius 2 is 2.14 bits per heavy atom. The Bertz CT molecular complexity index is 415.